The van der Waals surface area contributed by atoms with Crippen molar-refractivity contribution in [3.05, 3.63) is 416 Å². The summed E-state index contributed by atoms with van der Waals surface area (Å²) in [4.78, 5) is 20.3. The van der Waals surface area contributed by atoms with Crippen LogP contribution in [0.2, 0.25) is 0 Å². The Hall–Kier alpha value is -13.8. The average Bonchev–Trinajstić information content (AvgIpc) is 0.836. The molecular formula is C110H105N7O11S9. The van der Waals surface area contributed by atoms with Crippen molar-refractivity contribution in [2.75, 3.05) is 43.9 Å². The molecule has 0 aromatic heterocycles. The van der Waals surface area contributed by atoms with Crippen LogP contribution in [0.5, 0.6) is 51.7 Å². The molecule has 0 aliphatic rings. The molecule has 18 nitrogen and oxygen atoms in total. The van der Waals surface area contributed by atoms with Gasteiger partial charge in [-0.3, -0.25) is 0 Å². The van der Waals surface area contributed by atoms with Gasteiger partial charge in [0.15, 0.2) is 0 Å². The minimum Gasteiger partial charge on any atom is -0.444 e. The first-order valence-corrected chi connectivity index (χ1v) is 47.4. The Balaban J connectivity index is 0.000000179. The summed E-state index contributed by atoms with van der Waals surface area (Å²) in [5, 5.41) is 7.56. The zero-order valence-electron chi connectivity index (χ0n) is 77.3. The third-order valence-electron chi connectivity index (χ3n) is 19.2. The number of amides is 1. The van der Waals surface area contributed by atoms with E-state index in [4.69, 9.17) is 157 Å². The van der Waals surface area contributed by atoms with Gasteiger partial charge in [-0.05, 0) is 368 Å². The number of para-hydroxylation sites is 7. The van der Waals surface area contributed by atoms with Gasteiger partial charge < -0.3 is 62.9 Å². The molecule has 0 saturated heterocycles. The molecule has 700 valence electrons. The summed E-state index contributed by atoms with van der Waals surface area (Å²) in [6.07, 6.45) is 3.62. The average molecular weight is 1990 g/mol. The second kappa shape index (κ2) is 55.2. The molecule has 14 aromatic carbocycles. The van der Waals surface area contributed by atoms with Gasteiger partial charge in [0.05, 0.1) is 22.7 Å². The molecule has 0 bridgehead atoms. The zero-order chi connectivity index (χ0) is 97.9. The van der Waals surface area contributed by atoms with Gasteiger partial charge in [0.1, 0.15) is 57.3 Å². The number of carbonyl (C=O) groups excluding carboxylic acids is 1. The largest absolute Gasteiger partial charge is 0.444 e. The molecule has 2 N–H and O–H groups in total. The van der Waals surface area contributed by atoms with Crippen molar-refractivity contribution in [1.82, 2.24) is 5.32 Å². The molecule has 1 amide bonds. The van der Waals surface area contributed by atoms with Gasteiger partial charge in [0.25, 0.3) is 46.6 Å². The van der Waals surface area contributed by atoms with Crippen molar-refractivity contribution < 1.29 is 52.2 Å². The maximum absolute atomic E-state index is 11.9. The molecule has 0 saturated carbocycles. The monoisotopic (exact) mass is 1990 g/mol. The first-order chi connectivity index (χ1) is 66.2. The Bertz CT molecular complexity index is 5980. The fourth-order valence-corrected chi connectivity index (χ4v) is 14.9. The van der Waals surface area contributed by atoms with E-state index < -0.39 is 11.7 Å². The van der Waals surface area contributed by atoms with Crippen LogP contribution in [0.15, 0.2) is 382 Å². The van der Waals surface area contributed by atoms with Gasteiger partial charge in [0, 0.05) is 32.0 Å². The fraction of sp³-hybridized carbons (Fsp3) is 0.145. The fourth-order valence-electron chi connectivity index (χ4n) is 12.2. The van der Waals surface area contributed by atoms with E-state index in [1.54, 1.807) is 39.0 Å². The Labute approximate surface area is 851 Å². The van der Waals surface area contributed by atoms with Crippen LogP contribution < -0.4 is 77.8 Å². The summed E-state index contributed by atoms with van der Waals surface area (Å²) in [6, 6.07) is 120. The van der Waals surface area contributed by atoms with Crippen LogP contribution in [0.3, 0.4) is 0 Å². The number of nitrogens with one attached hydrogen (secondary N) is 2. The lowest BCUT2D eigenvalue weighted by molar-refractivity contribution is 0.0523. The number of anilines is 6. The van der Waals surface area contributed by atoms with Crippen LogP contribution in [0.25, 0.3) is 0 Å². The van der Waals surface area contributed by atoms with E-state index >= 15 is 0 Å². The molecule has 0 unspecified atom stereocenters. The Kier molecular flexibility index (Phi) is 42.4. The Morgan fingerprint density at radius 3 is 0.752 bits per heavy atom. The van der Waals surface area contributed by atoms with E-state index in [2.05, 4.69) is 55.7 Å². The second-order valence-electron chi connectivity index (χ2n) is 31.0. The van der Waals surface area contributed by atoms with Crippen molar-refractivity contribution in [1.29, 1.82) is 0 Å². The molecule has 137 heavy (non-hydrogen) atoms. The van der Waals surface area contributed by atoms with E-state index in [1.807, 2.05) is 387 Å². The van der Waals surface area contributed by atoms with Crippen molar-refractivity contribution in [3.63, 3.8) is 0 Å². The topological polar surface area (TPSA) is 150 Å². The molecule has 0 atom stereocenters. The van der Waals surface area contributed by atoms with Crippen molar-refractivity contribution in [2.24, 2.45) is 0 Å². The van der Waals surface area contributed by atoms with Crippen molar-refractivity contribution in [3.8, 4) is 51.7 Å². The number of thiocarbonyl (C=S) groups is 9. The maximum atomic E-state index is 11.9. The minimum absolute atomic E-state index is 0.117. The lowest BCUT2D eigenvalue weighted by Crippen LogP contribution is -2.40. The highest BCUT2D eigenvalue weighted by molar-refractivity contribution is 7.83. The van der Waals surface area contributed by atoms with Gasteiger partial charge >= 0.3 is 6.09 Å². The van der Waals surface area contributed by atoms with Crippen LogP contribution in [0.1, 0.15) is 81.3 Å². The highest BCUT2D eigenvalue weighted by atomic mass is 32.1. The number of hydrogen-bond donors (Lipinski definition) is 2. The molecule has 14 rings (SSSR count). The summed E-state index contributed by atoms with van der Waals surface area (Å²) in [5.74, 6) is 5.74. The smallest absolute Gasteiger partial charge is 0.407 e. The quantitative estimate of drug-likeness (QED) is 0.0656. The standard InChI is InChI=1S/C26H26N2O4S2.C25H25NO2S2.C22H20N2O2S2.C22H19NO2S2.C15H15NOS/c1-26(2,3)32-23(29)27-18-19-14-16-20(17-15-19)28(24(33)30-21-10-6-4-7-11-21)25(34)31-22-12-8-5-9-13-22;1-4-5-20-10-12-21(13-11-20)26(24(29)27-22-14-6-18(2)7-15-22)25(30)28-23-16-8-19(3)9-17-23;1-23(2)17-13-15-18(16-14-17)24(21(27)25-19-9-5-3-6-10-19)22(28)26-20-11-7-4-8-12-20;1-2-17-13-15-18(16-14-17)23(21(26)24-19-9-5-3-6-10-19)22(27)25-20-11-7-4-8-12-20;1-2-12-8-10-13(11-9-12)16-15(18)17-14-6-4-3-5-7-14/h4-17H,18H2,1-3H3,(H,27,29);6-17H,4-5H2,1-3H3;3-16H,1-2H3;3-16H,2H2,1H3;3-11H,2H2,1H3,(H,16,18). The molecule has 14 aromatic rings. The van der Waals surface area contributed by atoms with Crippen molar-refractivity contribution in [2.45, 2.75) is 93.2 Å². The summed E-state index contributed by atoms with van der Waals surface area (Å²) >= 11 is 49.6. The van der Waals surface area contributed by atoms with E-state index in [0.29, 0.717) is 63.4 Å². The number of aryl methyl sites for hydroxylation is 5. The molecule has 0 aliphatic carbocycles. The van der Waals surface area contributed by atoms with Gasteiger partial charge in [-0.15, -0.1) is 0 Å². The molecule has 27 heteroatoms. The first kappa shape index (κ1) is 105. The van der Waals surface area contributed by atoms with E-state index in [9.17, 15) is 4.79 Å². The van der Waals surface area contributed by atoms with Crippen LogP contribution in [-0.2, 0) is 30.5 Å². The SMILES string of the molecule is CC(C)(C)OC(=O)NCc1ccc(N(C(=S)Oc2ccccc2)C(=S)Oc2ccccc2)cc1.CCCc1ccc(N(C(=S)Oc2ccc(C)cc2)C(=S)Oc2ccc(C)cc2)cc1.CCc1ccc(N(C(=S)Oc2ccccc2)C(=S)Oc2ccccc2)cc1.CCc1ccc(NC(=S)Oc2ccccc2)cc1.CN(C)c1ccc(N(C(=S)Oc2ccccc2)C(=S)Oc2ccccc2)cc1. The summed E-state index contributed by atoms with van der Waals surface area (Å²) in [5.41, 5.74) is 11.4. The number of alkyl carbamates (subject to hydrolysis) is 1. The Morgan fingerprint density at radius 1 is 0.277 bits per heavy atom. The molecule has 0 spiro atoms. The zero-order valence-corrected chi connectivity index (χ0v) is 84.7. The summed E-state index contributed by atoms with van der Waals surface area (Å²) < 4.78 is 57.7. The molecular weight excluding hydrogens is 1880 g/mol. The predicted octanol–water partition coefficient (Wildman–Crippen LogP) is 28.1. The van der Waals surface area contributed by atoms with Gasteiger partial charge in [-0.25, -0.2) is 24.4 Å². The summed E-state index contributed by atoms with van der Waals surface area (Å²) in [6.45, 7) is 16.2. The number of hydrogen-bond acceptors (Lipinski definition) is 21. The van der Waals surface area contributed by atoms with E-state index in [-0.39, 0.29) is 41.4 Å². The second-order valence-corrected chi connectivity index (χ2v) is 34.2. The highest BCUT2D eigenvalue weighted by Gasteiger charge is 2.27. The van der Waals surface area contributed by atoms with Crippen LogP contribution >= 0.6 is 110 Å². The normalized spacial score (nSPS) is 10.3. The van der Waals surface area contributed by atoms with Crippen LogP contribution in [-0.4, -0.2) is 72.4 Å². The molecule has 0 fully saturated rings. The summed E-state index contributed by atoms with van der Waals surface area (Å²) in [7, 11) is 3.97. The number of nitrogens with zero attached hydrogens (tertiary/aromatic N) is 5. The molecule has 0 heterocycles. The number of rotatable bonds is 21. The van der Waals surface area contributed by atoms with Crippen LogP contribution in [0, 0.1) is 13.8 Å². The molecule has 0 aliphatic heterocycles. The van der Waals surface area contributed by atoms with Gasteiger partial charge in [0.2, 0.25) is 0 Å². The third-order valence-corrected chi connectivity index (χ3v) is 21.5. The lowest BCUT2D eigenvalue weighted by Gasteiger charge is -2.25. The Morgan fingerprint density at radius 2 is 0.504 bits per heavy atom. The number of carbonyl (C=O) groups is 1. The van der Waals surface area contributed by atoms with Crippen LogP contribution in [0.4, 0.5) is 38.9 Å². The van der Waals surface area contributed by atoms with Crippen molar-refractivity contribution >= 4 is 197 Å². The van der Waals surface area contributed by atoms with E-state index in [0.717, 1.165) is 76.6 Å². The third kappa shape index (κ3) is 36.1. The van der Waals surface area contributed by atoms with E-state index in [1.165, 1.54) is 21.6 Å². The lowest BCUT2D eigenvalue weighted by atomic mass is 10.1. The maximum Gasteiger partial charge on any atom is 0.407 e. The number of ether oxygens (including phenoxy) is 10. The highest BCUT2D eigenvalue weighted by Crippen LogP contribution is 2.30. The van der Waals surface area contributed by atoms with Gasteiger partial charge in [-0.1, -0.05) is 239 Å². The first-order valence-electron chi connectivity index (χ1n) is 43.7. The number of benzene rings is 14. The minimum atomic E-state index is -0.558. The van der Waals surface area contributed by atoms with Gasteiger partial charge in [-0.2, -0.15) is 0 Å². The molecule has 0 radical (unpaired) electrons. The predicted molar refractivity (Wildman–Crippen MR) is 592 cm³/mol.